The minimum atomic E-state index is 0.318. The minimum absolute atomic E-state index is 0.318. The fraction of sp³-hybridized carbons (Fsp3) is 0.500. The van der Waals surface area contributed by atoms with Crippen LogP contribution in [0.5, 0.6) is 0 Å². The summed E-state index contributed by atoms with van der Waals surface area (Å²) in [6.07, 6.45) is 3.77. The number of nitrogens with zero attached hydrogens (tertiary/aromatic N) is 3. The highest BCUT2D eigenvalue weighted by Gasteiger charge is 2.34. The van der Waals surface area contributed by atoms with E-state index in [1.807, 2.05) is 23.1 Å². The molecule has 1 saturated heterocycles. The first-order valence-electron chi connectivity index (χ1n) is 7.80. The van der Waals surface area contributed by atoms with Gasteiger partial charge in [0.1, 0.15) is 0 Å². The maximum Gasteiger partial charge on any atom is 0.225 e. The highest BCUT2D eigenvalue weighted by atomic mass is 16.5. The average molecular weight is 301 g/mol. The Kier molecular flexibility index (Phi) is 3.46. The van der Waals surface area contributed by atoms with E-state index in [0.29, 0.717) is 23.3 Å². The molecule has 4 rings (SSSR count). The van der Waals surface area contributed by atoms with Crippen molar-refractivity contribution in [2.75, 3.05) is 26.2 Å². The first-order chi connectivity index (χ1) is 10.8. The number of carbonyl (C=O) groups excluding carboxylic acids is 1. The van der Waals surface area contributed by atoms with Gasteiger partial charge in [0.2, 0.25) is 11.7 Å². The first kappa shape index (κ1) is 13.6. The lowest BCUT2D eigenvalue weighted by Gasteiger charge is -2.34. The quantitative estimate of drug-likeness (QED) is 0.864. The minimum Gasteiger partial charge on any atom is -0.461 e. The number of amides is 1. The van der Waals surface area contributed by atoms with E-state index in [1.54, 1.807) is 6.26 Å². The second-order valence-electron chi connectivity index (χ2n) is 6.04. The highest BCUT2D eigenvalue weighted by Crippen LogP contribution is 2.31. The largest absolute Gasteiger partial charge is 0.461 e. The molecule has 6 nitrogen and oxygen atoms in total. The number of hydrogen-bond donors (Lipinski definition) is 0. The van der Waals surface area contributed by atoms with Gasteiger partial charge >= 0.3 is 0 Å². The zero-order valence-electron chi connectivity index (χ0n) is 12.4. The third-order valence-corrected chi connectivity index (χ3v) is 4.32. The van der Waals surface area contributed by atoms with Gasteiger partial charge in [-0.25, -0.2) is 0 Å². The van der Waals surface area contributed by atoms with Gasteiger partial charge in [-0.15, -0.1) is 0 Å². The van der Waals surface area contributed by atoms with Crippen LogP contribution in [0.3, 0.4) is 0 Å². The zero-order valence-corrected chi connectivity index (χ0v) is 12.4. The van der Waals surface area contributed by atoms with Gasteiger partial charge in [-0.1, -0.05) is 5.16 Å². The third-order valence-electron chi connectivity index (χ3n) is 4.32. The second-order valence-corrected chi connectivity index (χ2v) is 6.04. The van der Waals surface area contributed by atoms with Crippen molar-refractivity contribution in [2.24, 2.45) is 5.92 Å². The average Bonchev–Trinajstić information content (AvgIpc) is 3.05. The summed E-state index contributed by atoms with van der Waals surface area (Å²) in [7, 11) is 0. The van der Waals surface area contributed by atoms with E-state index in [-0.39, 0.29) is 0 Å². The molecule has 0 bridgehead atoms. The smallest absolute Gasteiger partial charge is 0.225 e. The van der Waals surface area contributed by atoms with Crippen LogP contribution in [-0.4, -0.2) is 47.0 Å². The number of aromatic nitrogens is 1. The van der Waals surface area contributed by atoms with Crippen molar-refractivity contribution < 1.29 is 13.7 Å². The summed E-state index contributed by atoms with van der Waals surface area (Å²) < 4.78 is 10.6. The molecule has 0 spiro atoms. The number of hydrogen-bond acceptors (Lipinski definition) is 5. The first-order valence-corrected chi connectivity index (χ1v) is 7.80. The van der Waals surface area contributed by atoms with Crippen molar-refractivity contribution in [3.05, 3.63) is 30.2 Å². The predicted octanol–water partition coefficient (Wildman–Crippen LogP) is 1.99. The molecule has 2 fully saturated rings. The maximum absolute atomic E-state index is 12.0. The fourth-order valence-corrected chi connectivity index (χ4v) is 2.87. The van der Waals surface area contributed by atoms with Crippen LogP contribution in [-0.2, 0) is 11.3 Å². The van der Waals surface area contributed by atoms with Crippen molar-refractivity contribution in [3.8, 4) is 11.5 Å². The van der Waals surface area contributed by atoms with Crippen molar-refractivity contribution in [2.45, 2.75) is 19.4 Å². The molecular weight excluding hydrogens is 282 g/mol. The summed E-state index contributed by atoms with van der Waals surface area (Å²) >= 11 is 0. The highest BCUT2D eigenvalue weighted by molar-refractivity contribution is 5.81. The molecule has 2 aliphatic rings. The van der Waals surface area contributed by atoms with Crippen LogP contribution in [0.15, 0.2) is 33.4 Å². The monoisotopic (exact) mass is 301 g/mol. The Hall–Kier alpha value is -2.08. The summed E-state index contributed by atoms with van der Waals surface area (Å²) in [4.78, 5) is 16.3. The van der Waals surface area contributed by atoms with Crippen LogP contribution in [0.4, 0.5) is 0 Å². The summed E-state index contributed by atoms with van der Waals surface area (Å²) in [5, 5.41) is 4.10. The van der Waals surface area contributed by atoms with Gasteiger partial charge in [-0.05, 0) is 25.0 Å². The normalized spacial score (nSPS) is 19.5. The molecule has 1 saturated carbocycles. The molecule has 116 valence electrons. The van der Waals surface area contributed by atoms with E-state index in [0.717, 1.165) is 51.3 Å². The van der Waals surface area contributed by atoms with Crippen molar-refractivity contribution in [3.63, 3.8) is 0 Å². The van der Waals surface area contributed by atoms with Gasteiger partial charge in [0, 0.05) is 44.7 Å². The maximum atomic E-state index is 12.0. The molecule has 6 heteroatoms. The van der Waals surface area contributed by atoms with E-state index < -0.39 is 0 Å². The second kappa shape index (κ2) is 5.61. The lowest BCUT2D eigenvalue weighted by atomic mass is 10.2. The summed E-state index contributed by atoms with van der Waals surface area (Å²) in [6, 6.07) is 5.60. The Balaban J connectivity index is 1.32. The van der Waals surface area contributed by atoms with Gasteiger partial charge in [0.15, 0.2) is 5.76 Å². The van der Waals surface area contributed by atoms with Crippen molar-refractivity contribution in [1.82, 2.24) is 15.0 Å². The molecule has 0 unspecified atom stereocenters. The molecule has 1 aliphatic heterocycles. The van der Waals surface area contributed by atoms with Crippen LogP contribution in [0, 0.1) is 5.92 Å². The molecule has 2 aromatic heterocycles. The molecule has 0 aromatic carbocycles. The van der Waals surface area contributed by atoms with Crippen LogP contribution in [0.25, 0.3) is 11.5 Å². The molecule has 0 radical (unpaired) electrons. The SMILES string of the molecule is O=C(C1CC1)N1CCN(Cc2cc(-c3ccco3)on2)CC1. The van der Waals surface area contributed by atoms with Crippen LogP contribution in [0.1, 0.15) is 18.5 Å². The number of furan rings is 1. The molecule has 2 aromatic rings. The van der Waals surface area contributed by atoms with Gasteiger partial charge in [-0.2, -0.15) is 0 Å². The van der Waals surface area contributed by atoms with Gasteiger partial charge < -0.3 is 13.8 Å². The van der Waals surface area contributed by atoms with Crippen LogP contribution >= 0.6 is 0 Å². The summed E-state index contributed by atoms with van der Waals surface area (Å²) in [5.74, 6) is 2.01. The zero-order chi connectivity index (χ0) is 14.9. The van der Waals surface area contributed by atoms with Crippen LogP contribution in [0.2, 0.25) is 0 Å². The van der Waals surface area contributed by atoms with Crippen molar-refractivity contribution in [1.29, 1.82) is 0 Å². The van der Waals surface area contributed by atoms with E-state index >= 15 is 0 Å². The van der Waals surface area contributed by atoms with Gasteiger partial charge in [0.25, 0.3) is 0 Å². The summed E-state index contributed by atoms with van der Waals surface area (Å²) in [5.41, 5.74) is 0.897. The van der Waals surface area contributed by atoms with Crippen LogP contribution < -0.4 is 0 Å². The Bertz CT molecular complexity index is 637. The molecular formula is C16H19N3O3. The van der Waals surface area contributed by atoms with Crippen molar-refractivity contribution >= 4 is 5.91 Å². The molecule has 22 heavy (non-hydrogen) atoms. The summed E-state index contributed by atoms with van der Waals surface area (Å²) in [6.45, 7) is 4.16. The Labute approximate surface area is 128 Å². The molecule has 1 amide bonds. The van der Waals surface area contributed by atoms with E-state index in [2.05, 4.69) is 10.1 Å². The fourth-order valence-electron chi connectivity index (χ4n) is 2.87. The molecule has 3 heterocycles. The Morgan fingerprint density at radius 3 is 2.73 bits per heavy atom. The predicted molar refractivity (Wildman–Crippen MR) is 78.8 cm³/mol. The lowest BCUT2D eigenvalue weighted by Crippen LogP contribution is -2.48. The van der Waals surface area contributed by atoms with E-state index in [1.165, 1.54) is 0 Å². The Morgan fingerprint density at radius 1 is 1.23 bits per heavy atom. The van der Waals surface area contributed by atoms with E-state index in [4.69, 9.17) is 8.94 Å². The number of piperazine rings is 1. The number of rotatable bonds is 4. The topological polar surface area (TPSA) is 62.7 Å². The van der Waals surface area contributed by atoms with E-state index in [9.17, 15) is 4.79 Å². The third kappa shape index (κ3) is 2.78. The van der Waals surface area contributed by atoms with Gasteiger partial charge in [0.05, 0.1) is 12.0 Å². The Morgan fingerprint density at radius 2 is 2.05 bits per heavy atom. The standard InChI is InChI=1S/C16H19N3O3/c20-16(12-3-4-12)19-7-5-18(6-8-19)11-13-10-15(22-17-13)14-2-1-9-21-14/h1-2,9-10,12H,3-8,11H2. The lowest BCUT2D eigenvalue weighted by molar-refractivity contribution is -0.134. The molecule has 0 atom stereocenters. The van der Waals surface area contributed by atoms with Gasteiger partial charge in [-0.3, -0.25) is 9.69 Å². The molecule has 1 aliphatic carbocycles. The molecule has 0 N–H and O–H groups in total. The number of carbonyl (C=O) groups is 1.